The largest absolute Gasteiger partial charge is 0.506 e. The van der Waals surface area contributed by atoms with Gasteiger partial charge in [-0.2, -0.15) is 0 Å². The molecule has 4 nitrogen and oxygen atoms in total. The minimum absolute atomic E-state index is 0.0742. The summed E-state index contributed by atoms with van der Waals surface area (Å²) in [6, 6.07) is 11.8. The van der Waals surface area contributed by atoms with Crippen LogP contribution >= 0.6 is 23.8 Å². The van der Waals surface area contributed by atoms with Crippen molar-refractivity contribution >= 4 is 40.5 Å². The lowest BCUT2D eigenvalue weighted by Crippen LogP contribution is -2.34. The Morgan fingerprint density at radius 3 is 2.54 bits per heavy atom. The number of nitrogens with one attached hydrogen (secondary N) is 2. The first-order valence-electron chi connectivity index (χ1n) is 7.61. The summed E-state index contributed by atoms with van der Waals surface area (Å²) in [6.45, 7) is 4.21. The van der Waals surface area contributed by atoms with E-state index in [2.05, 4.69) is 24.5 Å². The molecule has 0 heterocycles. The van der Waals surface area contributed by atoms with Crippen LogP contribution < -0.4 is 10.6 Å². The highest BCUT2D eigenvalue weighted by Crippen LogP contribution is 2.29. The zero-order chi connectivity index (χ0) is 17.7. The van der Waals surface area contributed by atoms with E-state index >= 15 is 0 Å². The summed E-state index contributed by atoms with van der Waals surface area (Å²) in [4.78, 5) is 12.1. The molecule has 2 aromatic carbocycles. The van der Waals surface area contributed by atoms with Crippen molar-refractivity contribution in [2.45, 2.75) is 26.2 Å². The quantitative estimate of drug-likeness (QED) is 0.545. The zero-order valence-corrected chi connectivity index (χ0v) is 15.0. The van der Waals surface area contributed by atoms with Crippen molar-refractivity contribution in [1.82, 2.24) is 5.32 Å². The summed E-state index contributed by atoms with van der Waals surface area (Å²) < 4.78 is 0. The summed E-state index contributed by atoms with van der Waals surface area (Å²) in [5.74, 6) is 0.0928. The highest BCUT2D eigenvalue weighted by atomic mass is 35.5. The predicted molar refractivity (Wildman–Crippen MR) is 102 cm³/mol. The smallest absolute Gasteiger partial charge is 0.257 e. The van der Waals surface area contributed by atoms with E-state index in [-0.39, 0.29) is 16.8 Å². The number of thiocarbonyl (C=S) groups is 1. The first kappa shape index (κ1) is 18.2. The Kier molecular flexibility index (Phi) is 6.17. The normalized spacial score (nSPS) is 11.6. The third-order valence-electron chi connectivity index (χ3n) is 3.78. The van der Waals surface area contributed by atoms with Crippen molar-refractivity contribution < 1.29 is 9.90 Å². The van der Waals surface area contributed by atoms with Crippen LogP contribution in [0.3, 0.4) is 0 Å². The first-order valence-corrected chi connectivity index (χ1v) is 8.40. The summed E-state index contributed by atoms with van der Waals surface area (Å²) in [5.41, 5.74) is 2.00. The van der Waals surface area contributed by atoms with Crippen LogP contribution in [0.5, 0.6) is 5.75 Å². The van der Waals surface area contributed by atoms with Crippen LogP contribution in [-0.4, -0.2) is 16.1 Å². The van der Waals surface area contributed by atoms with Crippen LogP contribution in [-0.2, 0) is 0 Å². The minimum atomic E-state index is -0.346. The molecule has 3 N–H and O–H groups in total. The van der Waals surface area contributed by atoms with E-state index in [1.54, 1.807) is 30.3 Å². The Bertz CT molecular complexity index is 747. The Balaban J connectivity index is 2.06. The van der Waals surface area contributed by atoms with Gasteiger partial charge in [0.25, 0.3) is 5.91 Å². The molecule has 0 fully saturated rings. The number of hydrogen-bond donors (Lipinski definition) is 3. The van der Waals surface area contributed by atoms with Crippen molar-refractivity contribution in [2.75, 3.05) is 5.32 Å². The van der Waals surface area contributed by atoms with E-state index in [9.17, 15) is 9.90 Å². The molecule has 1 atom stereocenters. The van der Waals surface area contributed by atoms with E-state index in [0.717, 1.165) is 12.0 Å². The molecule has 0 aromatic heterocycles. The van der Waals surface area contributed by atoms with Crippen molar-refractivity contribution in [3.8, 4) is 5.75 Å². The van der Waals surface area contributed by atoms with Gasteiger partial charge in [-0.15, -0.1) is 0 Å². The van der Waals surface area contributed by atoms with Gasteiger partial charge in [0.1, 0.15) is 5.75 Å². The van der Waals surface area contributed by atoms with Crippen LogP contribution in [0, 0.1) is 0 Å². The second kappa shape index (κ2) is 8.13. The molecule has 0 saturated carbocycles. The van der Waals surface area contributed by atoms with E-state index < -0.39 is 0 Å². The van der Waals surface area contributed by atoms with Crippen LogP contribution in [0.2, 0.25) is 5.02 Å². The van der Waals surface area contributed by atoms with Crippen LogP contribution in [0.1, 0.15) is 42.1 Å². The lowest BCUT2D eigenvalue weighted by Gasteiger charge is -2.14. The highest BCUT2D eigenvalue weighted by Gasteiger charge is 2.11. The SMILES string of the molecule is CC[C@@H](C)c1ccc(O)c(NC(=S)NC(=O)c2ccc(Cl)cc2)c1. The second-order valence-electron chi connectivity index (χ2n) is 5.50. The number of hydrogen-bond acceptors (Lipinski definition) is 3. The molecular weight excluding hydrogens is 344 g/mol. The van der Waals surface area contributed by atoms with Crippen molar-refractivity contribution in [1.29, 1.82) is 0 Å². The third-order valence-corrected chi connectivity index (χ3v) is 4.24. The first-order chi connectivity index (χ1) is 11.4. The number of phenolic OH excluding ortho intramolecular Hbond substituents is 1. The molecule has 6 heteroatoms. The average Bonchev–Trinajstić information content (AvgIpc) is 2.56. The summed E-state index contributed by atoms with van der Waals surface area (Å²) in [7, 11) is 0. The molecule has 0 radical (unpaired) electrons. The molecule has 2 aromatic rings. The number of amides is 1. The topological polar surface area (TPSA) is 61.4 Å². The van der Waals surface area contributed by atoms with Crippen LogP contribution in [0.4, 0.5) is 5.69 Å². The van der Waals surface area contributed by atoms with Gasteiger partial charge < -0.3 is 10.4 Å². The number of phenols is 1. The van der Waals surface area contributed by atoms with Crippen LogP contribution in [0.25, 0.3) is 0 Å². The van der Waals surface area contributed by atoms with Crippen LogP contribution in [0.15, 0.2) is 42.5 Å². The van der Waals surface area contributed by atoms with Crippen molar-refractivity contribution in [2.24, 2.45) is 0 Å². The standard InChI is InChI=1S/C18H19ClN2O2S/c1-3-11(2)13-6-9-16(22)15(10-13)20-18(24)21-17(23)12-4-7-14(19)8-5-12/h4-11,22H,3H2,1-2H3,(H2,20,21,23,24)/t11-/m1/s1. The van der Waals surface area contributed by atoms with E-state index in [1.807, 2.05) is 12.1 Å². The van der Waals surface area contributed by atoms with Gasteiger partial charge in [-0.3, -0.25) is 10.1 Å². The van der Waals surface area contributed by atoms with Gasteiger partial charge in [0.05, 0.1) is 5.69 Å². The average molecular weight is 363 g/mol. The van der Waals surface area contributed by atoms with Gasteiger partial charge in [-0.25, -0.2) is 0 Å². The van der Waals surface area contributed by atoms with Gasteiger partial charge in [-0.1, -0.05) is 31.5 Å². The molecule has 0 spiro atoms. The molecule has 126 valence electrons. The number of rotatable bonds is 4. The third kappa shape index (κ3) is 4.69. The maximum Gasteiger partial charge on any atom is 0.257 e. The van der Waals surface area contributed by atoms with Crippen molar-refractivity contribution in [3.63, 3.8) is 0 Å². The van der Waals surface area contributed by atoms with Gasteiger partial charge in [0, 0.05) is 10.6 Å². The molecule has 1 amide bonds. The zero-order valence-electron chi connectivity index (χ0n) is 13.5. The van der Waals surface area contributed by atoms with Gasteiger partial charge in [0.15, 0.2) is 5.11 Å². The van der Waals surface area contributed by atoms with Gasteiger partial charge >= 0.3 is 0 Å². The molecule has 0 saturated heterocycles. The molecule has 0 bridgehead atoms. The fraction of sp³-hybridized carbons (Fsp3) is 0.222. The molecule has 0 aliphatic carbocycles. The Morgan fingerprint density at radius 1 is 1.25 bits per heavy atom. The number of carbonyl (C=O) groups excluding carboxylic acids is 1. The van der Waals surface area contributed by atoms with E-state index in [1.165, 1.54) is 0 Å². The monoisotopic (exact) mass is 362 g/mol. The second-order valence-corrected chi connectivity index (χ2v) is 6.35. The maximum absolute atomic E-state index is 12.1. The Labute approximate surface area is 151 Å². The fourth-order valence-electron chi connectivity index (χ4n) is 2.13. The molecule has 0 unspecified atom stereocenters. The van der Waals surface area contributed by atoms with E-state index in [4.69, 9.17) is 23.8 Å². The lowest BCUT2D eigenvalue weighted by atomic mass is 9.98. The Morgan fingerprint density at radius 2 is 1.92 bits per heavy atom. The number of aromatic hydroxyl groups is 1. The minimum Gasteiger partial charge on any atom is -0.506 e. The van der Waals surface area contributed by atoms with Crippen molar-refractivity contribution in [3.05, 3.63) is 58.6 Å². The lowest BCUT2D eigenvalue weighted by molar-refractivity contribution is 0.0977. The molecular formula is C18H19ClN2O2S. The molecule has 0 aliphatic rings. The maximum atomic E-state index is 12.1. The number of benzene rings is 2. The Hall–Kier alpha value is -2.11. The summed E-state index contributed by atoms with van der Waals surface area (Å²) in [5, 5.41) is 16.1. The fourth-order valence-corrected chi connectivity index (χ4v) is 2.45. The number of anilines is 1. The van der Waals surface area contributed by atoms with E-state index in [0.29, 0.717) is 22.2 Å². The summed E-state index contributed by atoms with van der Waals surface area (Å²) >= 11 is 11.0. The van der Waals surface area contributed by atoms with Gasteiger partial charge in [0.2, 0.25) is 0 Å². The highest BCUT2D eigenvalue weighted by molar-refractivity contribution is 7.80. The number of halogens is 1. The summed E-state index contributed by atoms with van der Waals surface area (Å²) in [6.07, 6.45) is 0.988. The number of carbonyl (C=O) groups is 1. The molecule has 24 heavy (non-hydrogen) atoms. The molecule has 0 aliphatic heterocycles. The molecule has 2 rings (SSSR count). The van der Waals surface area contributed by atoms with Gasteiger partial charge in [-0.05, 0) is 66.5 Å². The predicted octanol–water partition coefficient (Wildman–Crippen LogP) is 4.69.